The molecule has 2 aromatic heterocycles. The number of carboxylic acid groups (broad SMARTS) is 1. The molecule has 4 aliphatic heterocycles. The first-order valence-corrected chi connectivity index (χ1v) is 52.6. The van der Waals surface area contributed by atoms with Gasteiger partial charge in [0.05, 0.1) is 73.8 Å². The van der Waals surface area contributed by atoms with Crippen molar-refractivity contribution in [2.24, 2.45) is 68.4 Å². The maximum absolute atomic E-state index is 14.8. The first kappa shape index (κ1) is 111. The van der Waals surface area contributed by atoms with E-state index < -0.39 is 222 Å². The fourth-order valence-corrected chi connectivity index (χ4v) is 22.9. The summed E-state index contributed by atoms with van der Waals surface area (Å²) in [6.45, 7) is 3.65. The number of hydrogen-bond acceptors (Lipinski definition) is 27. The third kappa shape index (κ3) is 32.9. The number of aromatic nitrogens is 4. The number of allylic oxidation sites excluding steroid dienone is 2. The van der Waals surface area contributed by atoms with Gasteiger partial charge in [0.25, 0.3) is 11.8 Å². The monoisotopic (exact) mass is 2050 g/mol. The number of nitrogens with one attached hydrogen (secondary N) is 10. The number of urea groups is 2. The number of aromatic amines is 2. The third-order valence-electron chi connectivity index (χ3n) is 25.8. The molecule has 766 valence electrons. The average molecular weight is 2050 g/mol. The van der Waals surface area contributed by atoms with Gasteiger partial charge in [-0.3, -0.25) is 91.5 Å². The summed E-state index contributed by atoms with van der Waals surface area (Å²) >= 11 is 0. The van der Waals surface area contributed by atoms with Crippen molar-refractivity contribution in [3.8, 4) is 0 Å². The van der Waals surface area contributed by atoms with Crippen molar-refractivity contribution >= 4 is 178 Å². The van der Waals surface area contributed by atoms with E-state index in [0.717, 1.165) is 70.7 Å². The molecule has 0 unspecified atom stereocenters. The molecule has 0 saturated carbocycles. The van der Waals surface area contributed by atoms with Gasteiger partial charge < -0.3 is 80.5 Å². The molecule has 6 aliphatic rings. The average Bonchev–Trinajstić information content (AvgIpc) is 1.70. The lowest BCUT2D eigenvalue weighted by Gasteiger charge is -2.27. The molecule has 44 heteroatoms. The molecule has 4 saturated heterocycles. The highest BCUT2D eigenvalue weighted by Gasteiger charge is 2.45. The summed E-state index contributed by atoms with van der Waals surface area (Å²) in [5.41, 5.74) is 30.3. The number of amides is 12. The summed E-state index contributed by atoms with van der Waals surface area (Å²) in [6.07, 6.45) is 8.48. The number of aliphatic imine (C=N–C) groups is 2. The molecule has 14 atom stereocenters. The molecule has 12 rings (SSSR count). The Labute approximate surface area is 847 Å². The van der Waals surface area contributed by atoms with Crippen LogP contribution in [0, 0.1) is 35.5 Å². The zero-order valence-corrected chi connectivity index (χ0v) is 83.3. The number of rotatable bonds is 27. The number of ketones is 8. The zero-order valence-electron chi connectivity index (χ0n) is 80.1. The summed E-state index contributed by atoms with van der Waals surface area (Å²) in [5.74, 6) is -17.5. The van der Waals surface area contributed by atoms with Gasteiger partial charge >= 0.3 is 18.0 Å². The Morgan fingerprint density at radius 3 is 1.15 bits per heavy atom. The number of carboxylic acids is 1. The molecule has 4 aromatic carbocycles. The van der Waals surface area contributed by atoms with Crippen LogP contribution in [0.5, 0.6) is 0 Å². The normalized spacial score (nSPS) is 24.4. The van der Waals surface area contributed by atoms with E-state index >= 15 is 0 Å². The van der Waals surface area contributed by atoms with E-state index in [1.54, 1.807) is 60.7 Å². The lowest BCUT2D eigenvalue weighted by atomic mass is 9.88. The molecule has 0 bridgehead atoms. The number of imidazole rings is 2. The fourth-order valence-electron chi connectivity index (χ4n) is 17.7. The highest BCUT2D eigenvalue weighted by atomic mass is 33.1. The second-order valence-corrected chi connectivity index (χ2v) is 41.4. The third-order valence-corrected chi connectivity index (χ3v) is 30.8. The molecule has 0 radical (unpaired) electrons. The van der Waals surface area contributed by atoms with E-state index in [9.17, 15) is 96.2 Å². The number of hydrogen-bond donors (Lipinski definition) is 15. The van der Waals surface area contributed by atoms with Gasteiger partial charge in [-0.15, -0.1) is 0 Å². The van der Waals surface area contributed by atoms with Gasteiger partial charge in [0.2, 0.25) is 35.4 Å². The van der Waals surface area contributed by atoms with Crippen molar-refractivity contribution in [3.63, 3.8) is 0 Å². The number of Topliss-reactive ketones (excluding diaryl/α,β-unsaturated/α-hetero) is 8. The van der Waals surface area contributed by atoms with Crippen LogP contribution in [0.3, 0.4) is 0 Å². The number of nitrogens with two attached hydrogens (primary N) is 4. The van der Waals surface area contributed by atoms with Crippen LogP contribution in [-0.2, 0) is 120 Å². The lowest BCUT2D eigenvalue weighted by Crippen LogP contribution is -2.55. The standard InChI is InChI=1S/C51H62N10O11S2.C49H60N10O9S2/c1-29(62)35-23-44(65)40(20-32-14-13-31-10-5-6-12-37(31)32)60-47(69)33(11-7-17-55-50(52)53)21-43(64)39(18-30-8-3-2-4-9-30)59-48(70)34(19-36-24-54-28-57-36)22-42(63)38(15-16-46(67)68)58-49(71)41(27-74-73-26-35)61-45(66)25-56-51(61)72;1-28-41(61)21-34(18-36-23-52-27-55-36)46(66)57-38(17-30-9-4-3-5-10-30)42(62)20-33(12-8-16-53-48(50)51)45(65)58-39(19-32-15-14-31-11-6-7-13-37(31)32)43(63)22-35(29(2)60)25-69-70-26-40(47(67)56-28)59-44(64)24-54-49(59)68/h2-6,8-10,12,14,24,28,33-35,38-41H,7,11,13,15-23,25-27H2,1H3,(H,54,57)(H,56,72)(H,58,71)(H,59,70)(H,60,69)(H,67,68)(H4,52,53,55);3-7,9-11,13,15,23,27-28,33-35,38-40H,8,12,14,16-22,24-26H2,1-2H3,(H,52,55)(H,54,68)(H,56,67)(H,57,66)(H,58,65)(H4,50,51,53)/t33-,34-,35+,38+,39-,40+,41+;28-,33-,34-,35+,38-,39+,40+/m11/s1. The Morgan fingerprint density at radius 1 is 0.410 bits per heavy atom. The van der Waals surface area contributed by atoms with E-state index in [0.29, 0.717) is 40.3 Å². The first-order valence-electron chi connectivity index (χ1n) is 47.6. The van der Waals surface area contributed by atoms with Crippen LogP contribution in [0.25, 0.3) is 11.1 Å². The minimum atomic E-state index is -1.52. The van der Waals surface area contributed by atoms with Crippen LogP contribution in [0.1, 0.15) is 155 Å². The largest absolute Gasteiger partial charge is 0.481 e. The van der Waals surface area contributed by atoms with Crippen LogP contribution < -0.4 is 65.5 Å². The summed E-state index contributed by atoms with van der Waals surface area (Å²) < 4.78 is 0. The number of guanidine groups is 2. The Hall–Kier alpha value is -13.8. The number of benzene rings is 4. The number of nitrogens with zero attached hydrogens (tertiary/aromatic N) is 6. The Morgan fingerprint density at radius 2 is 0.764 bits per heavy atom. The summed E-state index contributed by atoms with van der Waals surface area (Å²) in [6, 6.07) is 21.2. The minimum Gasteiger partial charge on any atom is -0.481 e. The molecular weight excluding hydrogens is 1930 g/mol. The molecular formula is C100H122N20O20S4. The maximum atomic E-state index is 14.8. The Kier molecular flexibility index (Phi) is 42.0. The van der Waals surface area contributed by atoms with E-state index in [1.165, 1.54) is 56.6 Å². The van der Waals surface area contributed by atoms with E-state index in [4.69, 9.17) is 22.9 Å². The van der Waals surface area contributed by atoms with Gasteiger partial charge in [0.1, 0.15) is 23.7 Å². The van der Waals surface area contributed by atoms with Gasteiger partial charge in [-0.2, -0.15) is 0 Å². The SMILES string of the molecule is CC(=O)[C@@H]1CSSC[C@H](N2C(=O)CNC2=O)C(=O)N[C@@H](CCC(=O)O)C(=O)C[C@@H](Cc2cnc[nH]2)C(=O)N[C@H](Cc2ccccc2)C(=O)C[C@@H](CCCN=C(N)N)C(=O)N[C@@H](CC2=CCc3ccccc32)C(=O)C1.CC(=O)[C@@H]1CSSC[C@H](N2C(=O)CNC2=O)C(=O)N[C@H](C)C(=O)C[C@@H](Cc2cnc[nH]2)C(=O)N[C@H](Cc2ccccc2)C(=O)C[C@@H](CCCN=C(N)N)C(=O)N[C@@H](CC2=CCc3ccccc32)C(=O)C1. The van der Waals surface area contributed by atoms with E-state index in [2.05, 4.69) is 72.5 Å². The Bertz CT molecular complexity index is 5770. The van der Waals surface area contributed by atoms with Gasteiger partial charge in [-0.1, -0.05) is 165 Å². The first-order chi connectivity index (χ1) is 69.0. The predicted molar refractivity (Wildman–Crippen MR) is 542 cm³/mol. The second kappa shape index (κ2) is 54.6. The topological polar surface area (TPSA) is 633 Å². The summed E-state index contributed by atoms with van der Waals surface area (Å²) in [7, 11) is 4.41. The van der Waals surface area contributed by atoms with Gasteiger partial charge in [0.15, 0.2) is 46.6 Å². The van der Waals surface area contributed by atoms with Gasteiger partial charge in [-0.05, 0) is 123 Å². The molecule has 0 spiro atoms. The quantitative estimate of drug-likeness (QED) is 0.0110. The predicted octanol–water partition coefficient (Wildman–Crippen LogP) is 4.61. The van der Waals surface area contributed by atoms with Crippen molar-refractivity contribution < 1.29 is 96.2 Å². The van der Waals surface area contributed by atoms with Crippen LogP contribution in [0.2, 0.25) is 0 Å². The lowest BCUT2D eigenvalue weighted by molar-refractivity contribution is -0.139. The van der Waals surface area contributed by atoms with Crippen LogP contribution in [0.15, 0.2) is 156 Å². The van der Waals surface area contributed by atoms with Crippen molar-refractivity contribution in [1.29, 1.82) is 0 Å². The van der Waals surface area contributed by atoms with Gasteiger partial charge in [-0.25, -0.2) is 29.4 Å². The van der Waals surface area contributed by atoms with Crippen molar-refractivity contribution in [2.45, 2.75) is 198 Å². The number of H-pyrrole nitrogens is 2. The number of carbonyl (C=O) groups is 19. The van der Waals surface area contributed by atoms with E-state index in [-0.39, 0.29) is 150 Å². The zero-order chi connectivity index (χ0) is 104. The van der Waals surface area contributed by atoms with Crippen LogP contribution in [-0.4, -0.2) is 256 Å². The van der Waals surface area contributed by atoms with Gasteiger partial charge in [0, 0.05) is 154 Å². The fraction of sp³-hybridized carbons (Fsp3) is 0.450. The van der Waals surface area contributed by atoms with Crippen molar-refractivity contribution in [2.75, 3.05) is 49.2 Å². The molecule has 12 amide bonds. The highest BCUT2D eigenvalue weighted by molar-refractivity contribution is 8.77. The number of carbonyl (C=O) groups excluding carboxylic acids is 18. The number of fused-ring (bicyclic) bond motifs is 2. The highest BCUT2D eigenvalue weighted by Crippen LogP contribution is 2.37. The van der Waals surface area contributed by atoms with Crippen molar-refractivity contribution in [1.82, 2.24) is 72.3 Å². The van der Waals surface area contributed by atoms with Crippen LogP contribution >= 0.6 is 43.2 Å². The number of aliphatic carboxylic acids is 1. The molecule has 6 aromatic rings. The molecule has 144 heavy (non-hydrogen) atoms. The second-order valence-electron chi connectivity index (χ2n) is 36.3. The molecule has 2 aliphatic carbocycles. The summed E-state index contributed by atoms with van der Waals surface area (Å²) in [5, 5.41) is 31.4. The van der Waals surface area contributed by atoms with E-state index in [1.807, 2.05) is 60.7 Å². The summed E-state index contributed by atoms with van der Waals surface area (Å²) in [4.78, 5) is 288. The Balaban J connectivity index is 0.000000275. The maximum Gasteiger partial charge on any atom is 0.325 e. The molecule has 6 heterocycles. The van der Waals surface area contributed by atoms with Crippen molar-refractivity contribution in [3.05, 3.63) is 191 Å². The van der Waals surface area contributed by atoms with Crippen LogP contribution in [0.4, 0.5) is 9.59 Å². The molecule has 40 nitrogen and oxygen atoms in total. The number of imide groups is 2. The smallest absolute Gasteiger partial charge is 0.325 e. The minimum absolute atomic E-state index is 0.00314. The molecule has 19 N–H and O–H groups in total. The molecule has 4 fully saturated rings.